The Balaban J connectivity index is 1.72. The van der Waals surface area contributed by atoms with Crippen molar-refractivity contribution in [3.8, 4) is 0 Å². The largest absolute Gasteiger partial charge is 0.334 e. The van der Waals surface area contributed by atoms with Crippen LogP contribution in [0.3, 0.4) is 0 Å². The summed E-state index contributed by atoms with van der Waals surface area (Å²) in [5, 5.41) is 0.689. The second-order valence-electron chi connectivity index (χ2n) is 7.02. The summed E-state index contributed by atoms with van der Waals surface area (Å²) in [6.07, 6.45) is 4.77. The predicted octanol–water partition coefficient (Wildman–Crippen LogP) is 3.19. The monoisotopic (exact) mass is 406 g/mol. The molecule has 27 heavy (non-hydrogen) atoms. The minimum Gasteiger partial charge on any atom is -0.334 e. The lowest BCUT2D eigenvalue weighted by Crippen LogP contribution is -2.40. The lowest BCUT2D eigenvalue weighted by atomic mass is 10.1. The zero-order valence-corrected chi connectivity index (χ0v) is 16.8. The summed E-state index contributed by atoms with van der Waals surface area (Å²) in [4.78, 5) is 18.7. The minimum absolute atomic E-state index is 0.0371. The molecule has 0 bridgehead atoms. The van der Waals surface area contributed by atoms with Crippen LogP contribution in [0, 0.1) is 6.92 Å². The minimum atomic E-state index is -3.07. The first-order valence-electron chi connectivity index (χ1n) is 8.98. The first-order chi connectivity index (χ1) is 12.8. The van der Waals surface area contributed by atoms with Gasteiger partial charge in [-0.1, -0.05) is 29.8 Å². The summed E-state index contributed by atoms with van der Waals surface area (Å²) in [6, 6.07) is 9.24. The number of carbonyl (C=O) groups excluding carboxylic acids is 1. The zero-order chi connectivity index (χ0) is 19.4. The maximum absolute atomic E-state index is 12.9. The second kappa shape index (κ2) is 8.40. The standard InChI is InChI=1S/C20H23ClN2O3S/c1-15-4-5-16(11-19(15)21)6-7-20(24)23(13-17-3-2-9-22-12-17)18-8-10-27(25,26)14-18/h2-5,9,11-12,18H,6-8,10,13-14H2,1H3. The van der Waals surface area contributed by atoms with Gasteiger partial charge in [-0.05, 0) is 48.6 Å². The molecule has 1 atom stereocenters. The molecule has 0 aliphatic carbocycles. The third kappa shape index (κ3) is 5.30. The van der Waals surface area contributed by atoms with E-state index >= 15 is 0 Å². The van der Waals surface area contributed by atoms with Gasteiger partial charge in [-0.2, -0.15) is 0 Å². The Morgan fingerprint density at radius 3 is 2.74 bits per heavy atom. The van der Waals surface area contributed by atoms with Crippen molar-refractivity contribution in [2.24, 2.45) is 0 Å². The Morgan fingerprint density at radius 2 is 2.11 bits per heavy atom. The second-order valence-corrected chi connectivity index (χ2v) is 9.66. The van der Waals surface area contributed by atoms with E-state index in [1.807, 2.05) is 37.3 Å². The van der Waals surface area contributed by atoms with Crippen LogP contribution in [0.25, 0.3) is 0 Å². The topological polar surface area (TPSA) is 67.3 Å². The van der Waals surface area contributed by atoms with E-state index in [2.05, 4.69) is 4.98 Å². The molecule has 3 rings (SSSR count). The van der Waals surface area contributed by atoms with Crippen molar-refractivity contribution in [1.29, 1.82) is 0 Å². The van der Waals surface area contributed by atoms with Gasteiger partial charge in [-0.3, -0.25) is 9.78 Å². The molecule has 1 fully saturated rings. The van der Waals surface area contributed by atoms with Crippen LogP contribution in [0.2, 0.25) is 5.02 Å². The van der Waals surface area contributed by atoms with Crippen molar-refractivity contribution in [3.63, 3.8) is 0 Å². The van der Waals surface area contributed by atoms with Crippen molar-refractivity contribution in [1.82, 2.24) is 9.88 Å². The molecule has 0 radical (unpaired) electrons. The summed E-state index contributed by atoms with van der Waals surface area (Å²) in [7, 11) is -3.07. The van der Waals surface area contributed by atoms with Crippen LogP contribution in [0.4, 0.5) is 0 Å². The first kappa shape index (κ1) is 19.8. The smallest absolute Gasteiger partial charge is 0.223 e. The Morgan fingerprint density at radius 1 is 1.30 bits per heavy atom. The highest BCUT2D eigenvalue weighted by atomic mass is 35.5. The molecule has 1 amide bonds. The van der Waals surface area contributed by atoms with Crippen molar-refractivity contribution in [2.45, 2.75) is 38.8 Å². The molecule has 1 aliphatic rings. The molecule has 5 nitrogen and oxygen atoms in total. The summed E-state index contributed by atoms with van der Waals surface area (Å²) in [5.74, 6) is 0.134. The highest BCUT2D eigenvalue weighted by Gasteiger charge is 2.34. The number of amides is 1. The molecule has 0 saturated carbocycles. The van der Waals surface area contributed by atoms with E-state index in [1.165, 1.54) is 0 Å². The summed E-state index contributed by atoms with van der Waals surface area (Å²) in [5.41, 5.74) is 2.90. The van der Waals surface area contributed by atoms with Gasteiger partial charge in [0.1, 0.15) is 0 Å². The fourth-order valence-corrected chi connectivity index (χ4v) is 5.25. The van der Waals surface area contributed by atoms with Crippen molar-refractivity contribution in [3.05, 3.63) is 64.4 Å². The highest BCUT2D eigenvalue weighted by molar-refractivity contribution is 7.91. The molecule has 1 aliphatic heterocycles. The van der Waals surface area contributed by atoms with Crippen molar-refractivity contribution < 1.29 is 13.2 Å². The Labute approximate surface area is 165 Å². The zero-order valence-electron chi connectivity index (χ0n) is 15.3. The molecule has 1 aromatic carbocycles. The Bertz CT molecular complexity index is 916. The van der Waals surface area contributed by atoms with Crippen LogP contribution in [-0.4, -0.2) is 41.8 Å². The van der Waals surface area contributed by atoms with Crippen LogP contribution in [0.15, 0.2) is 42.7 Å². The molecule has 1 aromatic heterocycles. The van der Waals surface area contributed by atoms with E-state index in [0.29, 0.717) is 30.8 Å². The number of aryl methyl sites for hydroxylation is 2. The van der Waals surface area contributed by atoms with E-state index in [4.69, 9.17) is 11.6 Å². The van der Waals surface area contributed by atoms with Crippen LogP contribution in [0.5, 0.6) is 0 Å². The summed E-state index contributed by atoms with van der Waals surface area (Å²) < 4.78 is 23.8. The van der Waals surface area contributed by atoms with E-state index in [1.54, 1.807) is 17.3 Å². The number of hydrogen-bond acceptors (Lipinski definition) is 4. The van der Waals surface area contributed by atoms with Gasteiger partial charge in [-0.15, -0.1) is 0 Å². The molecule has 7 heteroatoms. The molecule has 1 saturated heterocycles. The molecular formula is C20H23ClN2O3S. The molecular weight excluding hydrogens is 384 g/mol. The fourth-order valence-electron chi connectivity index (χ4n) is 3.32. The van der Waals surface area contributed by atoms with E-state index in [0.717, 1.165) is 16.7 Å². The molecule has 2 heterocycles. The average Bonchev–Trinajstić information content (AvgIpc) is 3.01. The SMILES string of the molecule is Cc1ccc(CCC(=O)N(Cc2cccnc2)C2CCS(=O)(=O)C2)cc1Cl. The lowest BCUT2D eigenvalue weighted by molar-refractivity contribution is -0.133. The van der Waals surface area contributed by atoms with Crippen LogP contribution in [-0.2, 0) is 27.6 Å². The fraction of sp³-hybridized carbons (Fsp3) is 0.400. The summed E-state index contributed by atoms with van der Waals surface area (Å²) >= 11 is 6.17. The number of rotatable bonds is 6. The van der Waals surface area contributed by atoms with Crippen molar-refractivity contribution in [2.75, 3.05) is 11.5 Å². The van der Waals surface area contributed by atoms with Gasteiger partial charge in [0.25, 0.3) is 0 Å². The molecule has 2 aromatic rings. The number of benzene rings is 1. The highest BCUT2D eigenvalue weighted by Crippen LogP contribution is 2.22. The van der Waals surface area contributed by atoms with Gasteiger partial charge < -0.3 is 4.90 Å². The maximum atomic E-state index is 12.9. The van der Waals surface area contributed by atoms with Gasteiger partial charge >= 0.3 is 0 Å². The van der Waals surface area contributed by atoms with Gasteiger partial charge in [-0.25, -0.2) is 8.42 Å². The van der Waals surface area contributed by atoms with Crippen LogP contribution >= 0.6 is 11.6 Å². The van der Waals surface area contributed by atoms with Crippen LogP contribution < -0.4 is 0 Å². The lowest BCUT2D eigenvalue weighted by Gasteiger charge is -2.28. The van der Waals surface area contributed by atoms with Crippen LogP contribution in [0.1, 0.15) is 29.5 Å². The number of nitrogens with zero attached hydrogens (tertiary/aromatic N) is 2. The first-order valence-corrected chi connectivity index (χ1v) is 11.2. The number of hydrogen-bond donors (Lipinski definition) is 0. The molecule has 0 N–H and O–H groups in total. The normalized spacial score (nSPS) is 18.4. The number of sulfone groups is 1. The Hall–Kier alpha value is -1.92. The third-order valence-corrected chi connectivity index (χ3v) is 7.07. The number of carbonyl (C=O) groups is 1. The summed E-state index contributed by atoms with van der Waals surface area (Å²) in [6.45, 7) is 2.31. The van der Waals surface area contributed by atoms with E-state index in [-0.39, 0.29) is 23.5 Å². The van der Waals surface area contributed by atoms with Gasteiger partial charge in [0.15, 0.2) is 9.84 Å². The number of pyridine rings is 1. The molecule has 0 spiro atoms. The number of halogens is 1. The van der Waals surface area contributed by atoms with Crippen molar-refractivity contribution >= 4 is 27.3 Å². The number of aromatic nitrogens is 1. The van der Waals surface area contributed by atoms with Gasteiger partial charge in [0.2, 0.25) is 5.91 Å². The quantitative estimate of drug-likeness (QED) is 0.738. The third-order valence-electron chi connectivity index (χ3n) is 4.91. The Kier molecular flexibility index (Phi) is 6.17. The van der Waals surface area contributed by atoms with E-state index < -0.39 is 9.84 Å². The van der Waals surface area contributed by atoms with Gasteiger partial charge in [0, 0.05) is 36.4 Å². The van der Waals surface area contributed by atoms with Gasteiger partial charge in [0.05, 0.1) is 11.5 Å². The maximum Gasteiger partial charge on any atom is 0.223 e. The molecule has 1 unspecified atom stereocenters. The molecule has 144 valence electrons. The average molecular weight is 407 g/mol. The predicted molar refractivity (Wildman–Crippen MR) is 106 cm³/mol. The van der Waals surface area contributed by atoms with E-state index in [9.17, 15) is 13.2 Å².